The fraction of sp³-hybridized carbons (Fsp3) is 0.833. The van der Waals surface area contributed by atoms with Crippen LogP contribution in [0.15, 0.2) is 0 Å². The smallest absolute Gasteiger partial charge is 0.276 e. The molecule has 60 valence electrons. The lowest BCUT2D eigenvalue weighted by molar-refractivity contribution is -0.163. The third-order valence-electron chi connectivity index (χ3n) is 0.993. The van der Waals surface area contributed by atoms with Crippen LogP contribution in [0.5, 0.6) is 0 Å². The highest BCUT2D eigenvalue weighted by molar-refractivity contribution is 5.79. The standard InChI is InChI=1S/C6H13NO3/c1-4-10-6(9-3)5(8)7-2/h6H,4H2,1-3H3,(H,7,8). The summed E-state index contributed by atoms with van der Waals surface area (Å²) in [5, 5.41) is 2.41. The van der Waals surface area contributed by atoms with Crippen LogP contribution in [-0.2, 0) is 14.3 Å². The highest BCUT2D eigenvalue weighted by Crippen LogP contribution is 1.91. The number of amides is 1. The van der Waals surface area contributed by atoms with Crippen molar-refractivity contribution in [1.82, 2.24) is 5.32 Å². The molecule has 0 heterocycles. The van der Waals surface area contributed by atoms with Gasteiger partial charge in [-0.2, -0.15) is 0 Å². The first-order valence-electron chi connectivity index (χ1n) is 3.12. The van der Waals surface area contributed by atoms with Crippen LogP contribution in [0.1, 0.15) is 6.92 Å². The van der Waals surface area contributed by atoms with E-state index in [2.05, 4.69) is 5.32 Å². The predicted molar refractivity (Wildman–Crippen MR) is 36.5 cm³/mol. The number of likely N-dealkylation sites (N-methyl/N-ethyl adjacent to an activating group) is 1. The fourth-order valence-corrected chi connectivity index (χ4v) is 0.520. The second kappa shape index (κ2) is 5.20. The van der Waals surface area contributed by atoms with Crippen LogP contribution in [0.2, 0.25) is 0 Å². The summed E-state index contributed by atoms with van der Waals surface area (Å²) < 4.78 is 9.62. The molecule has 4 nitrogen and oxygen atoms in total. The van der Waals surface area contributed by atoms with Gasteiger partial charge in [-0.25, -0.2) is 0 Å². The maximum absolute atomic E-state index is 10.8. The van der Waals surface area contributed by atoms with Crippen LogP contribution in [0, 0.1) is 0 Å². The number of hydrogen-bond donors (Lipinski definition) is 1. The summed E-state index contributed by atoms with van der Waals surface area (Å²) in [5.74, 6) is -0.260. The van der Waals surface area contributed by atoms with Crippen molar-refractivity contribution >= 4 is 5.91 Å². The topological polar surface area (TPSA) is 47.6 Å². The Morgan fingerprint density at radius 3 is 2.60 bits per heavy atom. The average Bonchev–Trinajstić information content (AvgIpc) is 1.99. The van der Waals surface area contributed by atoms with Gasteiger partial charge in [-0.3, -0.25) is 4.79 Å². The zero-order valence-corrected chi connectivity index (χ0v) is 6.51. The molecule has 0 saturated carbocycles. The molecule has 0 saturated heterocycles. The molecule has 0 aliphatic heterocycles. The van der Waals surface area contributed by atoms with E-state index in [1.54, 1.807) is 6.92 Å². The van der Waals surface area contributed by atoms with E-state index in [4.69, 9.17) is 9.47 Å². The van der Waals surface area contributed by atoms with Crippen LogP contribution in [0.3, 0.4) is 0 Å². The van der Waals surface area contributed by atoms with Crippen molar-refractivity contribution in [3.8, 4) is 0 Å². The van der Waals surface area contributed by atoms with E-state index >= 15 is 0 Å². The Kier molecular flexibility index (Phi) is 4.88. The van der Waals surface area contributed by atoms with Crippen LogP contribution in [0.25, 0.3) is 0 Å². The summed E-state index contributed by atoms with van der Waals surface area (Å²) >= 11 is 0. The fourth-order valence-electron chi connectivity index (χ4n) is 0.520. The summed E-state index contributed by atoms with van der Waals surface area (Å²) in [5.41, 5.74) is 0. The summed E-state index contributed by atoms with van der Waals surface area (Å²) in [4.78, 5) is 10.8. The molecule has 10 heavy (non-hydrogen) atoms. The number of ether oxygens (including phenoxy) is 2. The Morgan fingerprint density at radius 1 is 1.70 bits per heavy atom. The second-order valence-electron chi connectivity index (χ2n) is 1.64. The molecule has 0 aliphatic carbocycles. The molecule has 1 atom stereocenters. The van der Waals surface area contributed by atoms with Gasteiger partial charge in [-0.15, -0.1) is 0 Å². The van der Waals surface area contributed by atoms with Crippen molar-refractivity contribution in [2.75, 3.05) is 20.8 Å². The van der Waals surface area contributed by atoms with Gasteiger partial charge in [0, 0.05) is 20.8 Å². The molecule has 0 aromatic carbocycles. The lowest BCUT2D eigenvalue weighted by Crippen LogP contribution is -2.35. The van der Waals surface area contributed by atoms with Gasteiger partial charge in [0.25, 0.3) is 5.91 Å². The van der Waals surface area contributed by atoms with Gasteiger partial charge in [0.15, 0.2) is 0 Å². The average molecular weight is 147 g/mol. The molecule has 1 N–H and O–H groups in total. The first kappa shape index (κ1) is 9.39. The van der Waals surface area contributed by atoms with Gasteiger partial charge in [-0.1, -0.05) is 0 Å². The first-order chi connectivity index (χ1) is 4.76. The van der Waals surface area contributed by atoms with Crippen molar-refractivity contribution in [3.63, 3.8) is 0 Å². The SMILES string of the molecule is CCOC(OC)C(=O)NC. The molecule has 1 amide bonds. The molecule has 0 aromatic rings. The lowest BCUT2D eigenvalue weighted by atomic mass is 10.6. The van der Waals surface area contributed by atoms with Crippen molar-refractivity contribution in [2.24, 2.45) is 0 Å². The Bertz CT molecular complexity index is 105. The van der Waals surface area contributed by atoms with Gasteiger partial charge >= 0.3 is 0 Å². The molecular formula is C6H13NO3. The van der Waals surface area contributed by atoms with Crippen molar-refractivity contribution in [1.29, 1.82) is 0 Å². The van der Waals surface area contributed by atoms with E-state index in [1.807, 2.05) is 0 Å². The Hall–Kier alpha value is -0.610. The van der Waals surface area contributed by atoms with E-state index in [0.29, 0.717) is 6.61 Å². The molecule has 1 unspecified atom stereocenters. The lowest BCUT2D eigenvalue weighted by Gasteiger charge is -2.12. The summed E-state index contributed by atoms with van der Waals surface area (Å²) in [6, 6.07) is 0. The van der Waals surface area contributed by atoms with Crippen molar-refractivity contribution < 1.29 is 14.3 Å². The minimum atomic E-state index is -0.769. The Morgan fingerprint density at radius 2 is 2.30 bits per heavy atom. The van der Waals surface area contributed by atoms with Crippen LogP contribution in [0.4, 0.5) is 0 Å². The van der Waals surface area contributed by atoms with E-state index in [-0.39, 0.29) is 5.91 Å². The largest absolute Gasteiger partial charge is 0.355 e. The van der Waals surface area contributed by atoms with E-state index in [0.717, 1.165) is 0 Å². The summed E-state index contributed by atoms with van der Waals surface area (Å²) in [7, 11) is 2.96. The molecule has 4 heteroatoms. The van der Waals surface area contributed by atoms with E-state index in [1.165, 1.54) is 14.2 Å². The number of rotatable bonds is 4. The zero-order valence-electron chi connectivity index (χ0n) is 6.51. The van der Waals surface area contributed by atoms with Crippen LogP contribution >= 0.6 is 0 Å². The van der Waals surface area contributed by atoms with E-state index in [9.17, 15) is 4.79 Å². The minimum absolute atomic E-state index is 0.260. The molecule has 0 spiro atoms. The molecule has 0 radical (unpaired) electrons. The Labute approximate surface area is 60.5 Å². The maximum atomic E-state index is 10.8. The Balaban J connectivity index is 3.68. The number of methoxy groups -OCH3 is 1. The predicted octanol–water partition coefficient (Wildman–Crippen LogP) is -0.259. The van der Waals surface area contributed by atoms with Gasteiger partial charge < -0.3 is 14.8 Å². The molecule has 0 aromatic heterocycles. The van der Waals surface area contributed by atoms with Crippen molar-refractivity contribution in [3.05, 3.63) is 0 Å². The van der Waals surface area contributed by atoms with Gasteiger partial charge in [0.05, 0.1) is 0 Å². The molecule has 0 rings (SSSR count). The third kappa shape index (κ3) is 2.80. The highest BCUT2D eigenvalue weighted by atomic mass is 16.7. The van der Waals surface area contributed by atoms with Gasteiger partial charge in [0.1, 0.15) is 0 Å². The maximum Gasteiger partial charge on any atom is 0.276 e. The van der Waals surface area contributed by atoms with Crippen molar-refractivity contribution in [2.45, 2.75) is 13.2 Å². The third-order valence-corrected chi connectivity index (χ3v) is 0.993. The summed E-state index contributed by atoms with van der Waals surface area (Å²) in [6.45, 7) is 2.26. The number of nitrogens with one attached hydrogen (secondary N) is 1. The number of carbonyl (C=O) groups is 1. The highest BCUT2D eigenvalue weighted by Gasteiger charge is 2.14. The summed E-state index contributed by atoms with van der Waals surface area (Å²) in [6.07, 6.45) is -0.769. The first-order valence-corrected chi connectivity index (χ1v) is 3.12. The quantitative estimate of drug-likeness (QED) is 0.557. The van der Waals surface area contributed by atoms with Gasteiger partial charge in [-0.05, 0) is 6.92 Å². The molecule has 0 bridgehead atoms. The molecule has 0 aliphatic rings. The monoisotopic (exact) mass is 147 g/mol. The minimum Gasteiger partial charge on any atom is -0.355 e. The zero-order chi connectivity index (χ0) is 7.98. The van der Waals surface area contributed by atoms with E-state index < -0.39 is 6.29 Å². The molecular weight excluding hydrogens is 134 g/mol. The van der Waals surface area contributed by atoms with Crippen LogP contribution < -0.4 is 5.32 Å². The molecule has 0 fully saturated rings. The number of hydrogen-bond acceptors (Lipinski definition) is 3. The normalized spacial score (nSPS) is 12.7. The number of carbonyl (C=O) groups excluding carboxylic acids is 1. The second-order valence-corrected chi connectivity index (χ2v) is 1.64. The van der Waals surface area contributed by atoms with Crippen LogP contribution in [-0.4, -0.2) is 33.0 Å². The van der Waals surface area contributed by atoms with Gasteiger partial charge in [0.2, 0.25) is 6.29 Å².